The van der Waals surface area contributed by atoms with Crippen LogP contribution in [0.3, 0.4) is 0 Å². The zero-order chi connectivity index (χ0) is 21.6. The quantitative estimate of drug-likeness (QED) is 0.353. The summed E-state index contributed by atoms with van der Waals surface area (Å²) in [5, 5.41) is 0. The fraction of sp³-hybridized carbons (Fsp3) is 0.417. The van der Waals surface area contributed by atoms with E-state index in [-0.39, 0.29) is 13.2 Å². The van der Waals surface area contributed by atoms with E-state index in [9.17, 15) is 9.59 Å². The SMILES string of the molecule is CCCCOC(=O)C(Oc1ccccc1)C(Oc1ccccc1)C(=O)OCCCC. The number of para-hydroxylation sites is 2. The number of carbonyl (C=O) groups is 2. The first-order chi connectivity index (χ1) is 14.7. The smallest absolute Gasteiger partial charge is 0.351 e. The van der Waals surface area contributed by atoms with Gasteiger partial charge in [0, 0.05) is 0 Å². The molecule has 6 heteroatoms. The van der Waals surface area contributed by atoms with E-state index in [0.29, 0.717) is 11.5 Å². The van der Waals surface area contributed by atoms with Crippen LogP contribution in [0.15, 0.2) is 60.7 Å². The number of hydrogen-bond donors (Lipinski definition) is 0. The number of hydrogen-bond acceptors (Lipinski definition) is 6. The van der Waals surface area contributed by atoms with Gasteiger partial charge in [-0.15, -0.1) is 0 Å². The Balaban J connectivity index is 2.27. The summed E-state index contributed by atoms with van der Waals surface area (Å²) in [6.45, 7) is 4.48. The fourth-order valence-corrected chi connectivity index (χ4v) is 2.56. The van der Waals surface area contributed by atoms with Gasteiger partial charge in [-0.1, -0.05) is 63.1 Å². The molecule has 0 aromatic heterocycles. The summed E-state index contributed by atoms with van der Waals surface area (Å²) < 4.78 is 22.5. The molecule has 0 aliphatic carbocycles. The molecular weight excluding hydrogens is 384 g/mol. The first-order valence-corrected chi connectivity index (χ1v) is 10.4. The second-order valence-electron chi connectivity index (χ2n) is 6.75. The lowest BCUT2D eigenvalue weighted by Gasteiger charge is -2.26. The molecular formula is C24H30O6. The van der Waals surface area contributed by atoms with E-state index in [4.69, 9.17) is 18.9 Å². The number of rotatable bonds is 13. The molecule has 0 aliphatic heterocycles. The average Bonchev–Trinajstić information content (AvgIpc) is 2.77. The van der Waals surface area contributed by atoms with Crippen molar-refractivity contribution in [2.45, 2.75) is 51.7 Å². The Hall–Kier alpha value is -3.02. The first kappa shape index (κ1) is 23.3. The molecule has 162 valence electrons. The molecule has 6 nitrogen and oxygen atoms in total. The second kappa shape index (κ2) is 13.2. The summed E-state index contributed by atoms with van der Waals surface area (Å²) in [4.78, 5) is 25.7. The molecule has 0 saturated carbocycles. The summed E-state index contributed by atoms with van der Waals surface area (Å²) in [7, 11) is 0. The zero-order valence-electron chi connectivity index (χ0n) is 17.6. The van der Waals surface area contributed by atoms with E-state index in [1.54, 1.807) is 48.5 Å². The van der Waals surface area contributed by atoms with Gasteiger partial charge >= 0.3 is 11.9 Å². The van der Waals surface area contributed by atoms with Crippen LogP contribution in [-0.2, 0) is 19.1 Å². The van der Waals surface area contributed by atoms with Gasteiger partial charge in [0.25, 0.3) is 0 Å². The number of esters is 2. The average molecular weight is 414 g/mol. The third kappa shape index (κ3) is 7.78. The molecule has 0 amide bonds. The van der Waals surface area contributed by atoms with E-state index < -0.39 is 24.1 Å². The van der Waals surface area contributed by atoms with Crippen LogP contribution in [0.5, 0.6) is 11.5 Å². The van der Waals surface area contributed by atoms with Gasteiger partial charge in [0.1, 0.15) is 11.5 Å². The van der Waals surface area contributed by atoms with Crippen molar-refractivity contribution in [1.29, 1.82) is 0 Å². The summed E-state index contributed by atoms with van der Waals surface area (Å²) in [5.41, 5.74) is 0. The van der Waals surface area contributed by atoms with Crippen molar-refractivity contribution in [3.05, 3.63) is 60.7 Å². The van der Waals surface area contributed by atoms with Crippen LogP contribution in [0.1, 0.15) is 39.5 Å². The van der Waals surface area contributed by atoms with Crippen molar-refractivity contribution in [2.75, 3.05) is 13.2 Å². The molecule has 0 fully saturated rings. The molecule has 0 aliphatic rings. The number of carbonyl (C=O) groups excluding carboxylic acids is 2. The molecule has 2 aromatic rings. The van der Waals surface area contributed by atoms with Crippen LogP contribution in [0, 0.1) is 0 Å². The highest BCUT2D eigenvalue weighted by Crippen LogP contribution is 2.20. The van der Waals surface area contributed by atoms with E-state index in [0.717, 1.165) is 25.7 Å². The second-order valence-corrected chi connectivity index (χ2v) is 6.75. The maximum Gasteiger partial charge on any atom is 0.351 e. The third-order valence-corrected chi connectivity index (χ3v) is 4.24. The maximum absolute atomic E-state index is 12.9. The summed E-state index contributed by atoms with van der Waals surface area (Å²) in [6.07, 6.45) is 0.572. The van der Waals surface area contributed by atoms with Crippen LogP contribution in [0.4, 0.5) is 0 Å². The lowest BCUT2D eigenvalue weighted by Crippen LogP contribution is -2.49. The number of unbranched alkanes of at least 4 members (excludes halogenated alkanes) is 2. The van der Waals surface area contributed by atoms with Crippen LogP contribution in [0.2, 0.25) is 0 Å². The van der Waals surface area contributed by atoms with Gasteiger partial charge in [0.15, 0.2) is 0 Å². The largest absolute Gasteiger partial charge is 0.474 e. The number of ether oxygens (including phenoxy) is 4. The van der Waals surface area contributed by atoms with Crippen molar-refractivity contribution >= 4 is 11.9 Å². The van der Waals surface area contributed by atoms with Crippen LogP contribution >= 0.6 is 0 Å². The summed E-state index contributed by atoms with van der Waals surface area (Å²) >= 11 is 0. The van der Waals surface area contributed by atoms with Crippen molar-refractivity contribution in [1.82, 2.24) is 0 Å². The van der Waals surface area contributed by atoms with Gasteiger partial charge in [-0.05, 0) is 37.1 Å². The molecule has 0 bridgehead atoms. The predicted molar refractivity (Wildman–Crippen MR) is 113 cm³/mol. The van der Waals surface area contributed by atoms with Gasteiger partial charge in [-0.25, -0.2) is 9.59 Å². The van der Waals surface area contributed by atoms with Crippen molar-refractivity contribution in [3.63, 3.8) is 0 Å². The monoisotopic (exact) mass is 414 g/mol. The maximum atomic E-state index is 12.9. The first-order valence-electron chi connectivity index (χ1n) is 10.4. The summed E-state index contributed by atoms with van der Waals surface area (Å²) in [5.74, 6) is -0.475. The van der Waals surface area contributed by atoms with Gasteiger partial charge in [0.05, 0.1) is 13.2 Å². The predicted octanol–water partition coefficient (Wildman–Crippen LogP) is 4.57. The van der Waals surface area contributed by atoms with E-state index in [2.05, 4.69) is 0 Å². The molecule has 2 unspecified atom stereocenters. The van der Waals surface area contributed by atoms with Crippen molar-refractivity contribution < 1.29 is 28.5 Å². The summed E-state index contributed by atoms with van der Waals surface area (Å²) in [6, 6.07) is 17.6. The molecule has 0 heterocycles. The van der Waals surface area contributed by atoms with Gasteiger partial charge in [-0.3, -0.25) is 0 Å². The molecule has 0 spiro atoms. The van der Waals surface area contributed by atoms with Crippen LogP contribution in [-0.4, -0.2) is 37.4 Å². The Morgan fingerprint density at radius 1 is 0.667 bits per heavy atom. The zero-order valence-corrected chi connectivity index (χ0v) is 17.6. The molecule has 2 atom stereocenters. The van der Waals surface area contributed by atoms with E-state index in [1.165, 1.54) is 0 Å². The molecule has 0 radical (unpaired) electrons. The minimum atomic E-state index is -1.31. The lowest BCUT2D eigenvalue weighted by molar-refractivity contribution is -0.169. The minimum absolute atomic E-state index is 0.243. The van der Waals surface area contributed by atoms with E-state index >= 15 is 0 Å². The van der Waals surface area contributed by atoms with Crippen molar-refractivity contribution in [3.8, 4) is 11.5 Å². The lowest BCUT2D eigenvalue weighted by atomic mass is 10.2. The highest BCUT2D eigenvalue weighted by molar-refractivity contribution is 5.86. The molecule has 30 heavy (non-hydrogen) atoms. The van der Waals surface area contributed by atoms with Crippen LogP contribution < -0.4 is 9.47 Å². The third-order valence-electron chi connectivity index (χ3n) is 4.24. The normalized spacial score (nSPS) is 12.5. The van der Waals surface area contributed by atoms with Gasteiger partial charge in [0.2, 0.25) is 12.2 Å². The minimum Gasteiger partial charge on any atom is -0.474 e. The Morgan fingerprint density at radius 3 is 1.37 bits per heavy atom. The molecule has 0 saturated heterocycles. The highest BCUT2D eigenvalue weighted by Gasteiger charge is 2.40. The highest BCUT2D eigenvalue weighted by atomic mass is 16.6. The topological polar surface area (TPSA) is 71.1 Å². The van der Waals surface area contributed by atoms with Crippen molar-refractivity contribution in [2.24, 2.45) is 0 Å². The van der Waals surface area contributed by atoms with Gasteiger partial charge < -0.3 is 18.9 Å². The Kier molecular flexibility index (Phi) is 10.3. The molecule has 2 rings (SSSR count). The Labute approximate surface area is 178 Å². The van der Waals surface area contributed by atoms with Crippen LogP contribution in [0.25, 0.3) is 0 Å². The standard InChI is InChI=1S/C24H30O6/c1-3-5-17-27-23(25)21(29-19-13-9-7-10-14-19)22(24(26)28-18-6-4-2)30-20-15-11-8-12-16-20/h7-16,21-22H,3-6,17-18H2,1-2H3. The molecule has 2 aromatic carbocycles. The fourth-order valence-electron chi connectivity index (χ4n) is 2.56. The van der Waals surface area contributed by atoms with E-state index in [1.807, 2.05) is 26.0 Å². The molecule has 0 N–H and O–H groups in total. The Morgan fingerprint density at radius 2 is 1.03 bits per heavy atom. The Bertz CT molecular complexity index is 681. The van der Waals surface area contributed by atoms with Gasteiger partial charge in [-0.2, -0.15) is 0 Å². The number of benzene rings is 2.